The number of imidazole rings is 1. The molecule has 1 aromatic carbocycles. The summed E-state index contributed by atoms with van der Waals surface area (Å²) < 4.78 is 7.04. The minimum atomic E-state index is -0.209. The van der Waals surface area contributed by atoms with E-state index in [1.54, 1.807) is 25.0 Å². The molecule has 0 aliphatic carbocycles. The van der Waals surface area contributed by atoms with E-state index in [0.717, 1.165) is 11.4 Å². The molecule has 0 bridgehead atoms. The molecule has 8 heteroatoms. The van der Waals surface area contributed by atoms with E-state index < -0.39 is 0 Å². The van der Waals surface area contributed by atoms with Crippen molar-refractivity contribution >= 4 is 34.7 Å². The third-order valence-corrected chi connectivity index (χ3v) is 4.69. The third-order valence-electron chi connectivity index (χ3n) is 3.77. The van der Waals surface area contributed by atoms with E-state index in [9.17, 15) is 4.79 Å². The summed E-state index contributed by atoms with van der Waals surface area (Å²) in [6.45, 7) is 2.58. The van der Waals surface area contributed by atoms with Crippen LogP contribution in [0.1, 0.15) is 18.9 Å². The van der Waals surface area contributed by atoms with Gasteiger partial charge < -0.3 is 14.6 Å². The maximum absolute atomic E-state index is 11.3. The van der Waals surface area contributed by atoms with E-state index in [0.29, 0.717) is 36.1 Å². The SMILES string of the molecule is CCC(=O)OCCn1cnc2c(NC)nc(SCc3ccccc3)nc21. The number of nitrogens with zero attached hydrogens (tertiary/aromatic N) is 4. The van der Waals surface area contributed by atoms with Crippen molar-refractivity contribution in [3.05, 3.63) is 42.2 Å². The predicted octanol–water partition coefficient (Wildman–Crippen LogP) is 3.11. The number of esters is 1. The van der Waals surface area contributed by atoms with Crippen molar-refractivity contribution < 1.29 is 9.53 Å². The largest absolute Gasteiger partial charge is 0.464 e. The number of carbonyl (C=O) groups is 1. The molecule has 0 spiro atoms. The maximum atomic E-state index is 11.3. The van der Waals surface area contributed by atoms with Gasteiger partial charge in [-0.25, -0.2) is 15.0 Å². The van der Waals surface area contributed by atoms with Gasteiger partial charge in [0.2, 0.25) is 0 Å². The minimum Gasteiger partial charge on any atom is -0.464 e. The minimum absolute atomic E-state index is 0.209. The van der Waals surface area contributed by atoms with Gasteiger partial charge in [-0.05, 0) is 5.56 Å². The lowest BCUT2D eigenvalue weighted by atomic mass is 10.2. The molecule has 136 valence electrons. The second-order valence-electron chi connectivity index (χ2n) is 5.56. The highest BCUT2D eigenvalue weighted by atomic mass is 32.2. The summed E-state index contributed by atoms with van der Waals surface area (Å²) in [4.78, 5) is 24.9. The first-order valence-electron chi connectivity index (χ1n) is 8.44. The Labute approximate surface area is 156 Å². The molecule has 2 aromatic heterocycles. The summed E-state index contributed by atoms with van der Waals surface area (Å²) in [6, 6.07) is 10.2. The quantitative estimate of drug-likeness (QED) is 0.370. The number of benzene rings is 1. The number of thioether (sulfide) groups is 1. The molecule has 0 atom stereocenters. The normalized spacial score (nSPS) is 10.8. The van der Waals surface area contributed by atoms with E-state index >= 15 is 0 Å². The molecule has 1 N–H and O–H groups in total. The van der Waals surface area contributed by atoms with E-state index in [-0.39, 0.29) is 5.97 Å². The fourth-order valence-electron chi connectivity index (χ4n) is 2.41. The van der Waals surface area contributed by atoms with Crippen LogP contribution in [0.2, 0.25) is 0 Å². The standard InChI is InChI=1S/C18H21N5O2S/c1-3-14(24)25-10-9-23-12-20-15-16(19-2)21-18(22-17(15)23)26-11-13-7-5-4-6-8-13/h4-8,12H,3,9-11H2,1-2H3,(H,19,21,22). The van der Waals surface area contributed by atoms with Crippen molar-refractivity contribution in [2.75, 3.05) is 19.0 Å². The summed E-state index contributed by atoms with van der Waals surface area (Å²) in [5.74, 6) is 1.27. The Hall–Kier alpha value is -2.61. The predicted molar refractivity (Wildman–Crippen MR) is 102 cm³/mol. The molecular formula is C18H21N5O2S. The molecule has 0 saturated heterocycles. The van der Waals surface area contributed by atoms with Crippen LogP contribution >= 0.6 is 11.8 Å². The first-order valence-corrected chi connectivity index (χ1v) is 9.42. The van der Waals surface area contributed by atoms with Crippen molar-refractivity contribution in [1.82, 2.24) is 19.5 Å². The fraction of sp³-hybridized carbons (Fsp3) is 0.333. The van der Waals surface area contributed by atoms with Gasteiger partial charge in [-0.15, -0.1) is 0 Å². The molecular weight excluding hydrogens is 350 g/mol. The Kier molecular flexibility index (Phi) is 6.06. The molecule has 0 saturated carbocycles. The van der Waals surface area contributed by atoms with Gasteiger partial charge in [0.05, 0.1) is 12.9 Å². The molecule has 0 aliphatic rings. The molecule has 0 radical (unpaired) electrons. The summed E-state index contributed by atoms with van der Waals surface area (Å²) in [5, 5.41) is 3.76. The lowest BCUT2D eigenvalue weighted by Gasteiger charge is -2.08. The van der Waals surface area contributed by atoms with E-state index in [1.165, 1.54) is 5.56 Å². The van der Waals surface area contributed by atoms with Gasteiger partial charge in [0.1, 0.15) is 12.1 Å². The summed E-state index contributed by atoms with van der Waals surface area (Å²) in [6.07, 6.45) is 2.07. The number of nitrogens with one attached hydrogen (secondary N) is 1. The average molecular weight is 371 g/mol. The number of ether oxygens (including phenoxy) is 1. The van der Waals surface area contributed by atoms with Crippen LogP contribution in [-0.4, -0.2) is 39.1 Å². The van der Waals surface area contributed by atoms with Crippen molar-refractivity contribution in [3.8, 4) is 0 Å². The second kappa shape index (κ2) is 8.66. The number of rotatable bonds is 8. The summed E-state index contributed by atoms with van der Waals surface area (Å²) >= 11 is 1.57. The van der Waals surface area contributed by atoms with E-state index in [4.69, 9.17) is 4.74 Å². The van der Waals surface area contributed by atoms with Crippen LogP contribution in [0.5, 0.6) is 0 Å². The van der Waals surface area contributed by atoms with Gasteiger partial charge >= 0.3 is 5.97 Å². The number of aromatic nitrogens is 4. The third kappa shape index (κ3) is 4.32. The smallest absolute Gasteiger partial charge is 0.305 e. The molecule has 26 heavy (non-hydrogen) atoms. The number of anilines is 1. The lowest BCUT2D eigenvalue weighted by molar-refractivity contribution is -0.143. The molecule has 0 aliphatic heterocycles. The van der Waals surface area contributed by atoms with Gasteiger partial charge in [0.15, 0.2) is 16.6 Å². The molecule has 0 amide bonds. The Balaban J connectivity index is 1.79. The monoisotopic (exact) mass is 371 g/mol. The highest BCUT2D eigenvalue weighted by molar-refractivity contribution is 7.98. The second-order valence-corrected chi connectivity index (χ2v) is 6.51. The summed E-state index contributed by atoms with van der Waals surface area (Å²) in [7, 11) is 1.81. The highest BCUT2D eigenvalue weighted by Gasteiger charge is 2.13. The number of hydrogen-bond acceptors (Lipinski definition) is 7. The van der Waals surface area contributed by atoms with Crippen LogP contribution in [-0.2, 0) is 21.8 Å². The molecule has 0 unspecified atom stereocenters. The van der Waals surface area contributed by atoms with Crippen molar-refractivity contribution in [2.24, 2.45) is 0 Å². The fourth-order valence-corrected chi connectivity index (χ4v) is 3.20. The number of fused-ring (bicyclic) bond motifs is 1. The Morgan fingerprint density at radius 2 is 2.08 bits per heavy atom. The molecule has 3 rings (SSSR count). The summed E-state index contributed by atoms with van der Waals surface area (Å²) in [5.41, 5.74) is 2.65. The zero-order chi connectivity index (χ0) is 18.4. The van der Waals surface area contributed by atoms with Gasteiger partial charge in [-0.1, -0.05) is 49.0 Å². The average Bonchev–Trinajstić information content (AvgIpc) is 3.09. The van der Waals surface area contributed by atoms with Crippen LogP contribution in [0.4, 0.5) is 5.82 Å². The van der Waals surface area contributed by atoms with E-state index in [1.807, 2.05) is 29.8 Å². The molecule has 2 heterocycles. The number of carbonyl (C=O) groups excluding carboxylic acids is 1. The van der Waals surface area contributed by atoms with Gasteiger partial charge in [0, 0.05) is 19.2 Å². The van der Waals surface area contributed by atoms with Crippen LogP contribution in [0.15, 0.2) is 41.8 Å². The lowest BCUT2D eigenvalue weighted by Crippen LogP contribution is -2.10. The van der Waals surface area contributed by atoms with Gasteiger partial charge in [-0.3, -0.25) is 4.79 Å². The Bertz CT molecular complexity index is 882. The first-order chi connectivity index (χ1) is 12.7. The molecule has 7 nitrogen and oxygen atoms in total. The van der Waals surface area contributed by atoms with Gasteiger partial charge in [-0.2, -0.15) is 0 Å². The molecule has 0 fully saturated rings. The van der Waals surface area contributed by atoms with Crippen LogP contribution in [0.25, 0.3) is 11.2 Å². The van der Waals surface area contributed by atoms with E-state index in [2.05, 4.69) is 32.4 Å². The van der Waals surface area contributed by atoms with Crippen LogP contribution in [0, 0.1) is 0 Å². The van der Waals surface area contributed by atoms with Crippen molar-refractivity contribution in [3.63, 3.8) is 0 Å². The first kappa shape index (κ1) is 18.2. The topological polar surface area (TPSA) is 81.9 Å². The Morgan fingerprint density at radius 1 is 1.27 bits per heavy atom. The number of hydrogen-bond donors (Lipinski definition) is 1. The van der Waals surface area contributed by atoms with Gasteiger partial charge in [0.25, 0.3) is 0 Å². The molecule has 3 aromatic rings. The van der Waals surface area contributed by atoms with Crippen molar-refractivity contribution in [1.29, 1.82) is 0 Å². The zero-order valence-corrected chi connectivity index (χ0v) is 15.6. The van der Waals surface area contributed by atoms with Crippen LogP contribution in [0.3, 0.4) is 0 Å². The highest BCUT2D eigenvalue weighted by Crippen LogP contribution is 2.25. The van der Waals surface area contributed by atoms with Crippen LogP contribution < -0.4 is 5.32 Å². The maximum Gasteiger partial charge on any atom is 0.305 e. The Morgan fingerprint density at radius 3 is 2.81 bits per heavy atom. The zero-order valence-electron chi connectivity index (χ0n) is 14.8. The van der Waals surface area contributed by atoms with Crippen molar-refractivity contribution in [2.45, 2.75) is 30.8 Å².